The van der Waals surface area contributed by atoms with Gasteiger partial charge in [-0.1, -0.05) is 20.8 Å². The second kappa shape index (κ2) is 5.24. The lowest BCUT2D eigenvalue weighted by Crippen LogP contribution is -2.59. The average molecular weight is 287 g/mol. The van der Waals surface area contributed by atoms with Crippen molar-refractivity contribution >= 4 is 20.7 Å². The van der Waals surface area contributed by atoms with Crippen molar-refractivity contribution in [2.75, 3.05) is 0 Å². The highest BCUT2D eigenvalue weighted by molar-refractivity contribution is 6.74. The van der Waals surface area contributed by atoms with Gasteiger partial charge in [0, 0.05) is 0 Å². The first-order valence-electron chi connectivity index (χ1n) is 6.69. The zero-order valence-electron chi connectivity index (χ0n) is 12.4. The van der Waals surface area contributed by atoms with Gasteiger partial charge in [0.1, 0.15) is 11.8 Å². The molecule has 0 radical (unpaired) electrons. The minimum atomic E-state index is -2.02. The van der Waals surface area contributed by atoms with Crippen molar-refractivity contribution in [2.24, 2.45) is 0 Å². The molecule has 0 aromatic carbocycles. The van der Waals surface area contributed by atoms with E-state index in [1.807, 2.05) is 0 Å². The van der Waals surface area contributed by atoms with Crippen LogP contribution in [0, 0.1) is 0 Å². The highest BCUT2D eigenvalue weighted by Crippen LogP contribution is 2.41. The summed E-state index contributed by atoms with van der Waals surface area (Å²) in [6, 6.07) is 0. The van der Waals surface area contributed by atoms with Gasteiger partial charge in [-0.15, -0.1) is 0 Å². The summed E-state index contributed by atoms with van der Waals surface area (Å²) in [5.74, 6) is 0. The van der Waals surface area contributed by atoms with Crippen LogP contribution in [0.1, 0.15) is 40.0 Å². The molecule has 0 aromatic rings. The molecule has 0 saturated heterocycles. The number of aldehydes is 1. The SMILES string of the molecule is CC(C)(C)[Si](C)(C)OC1CCCC1(C=O)NC(=O)O. The first-order chi connectivity index (χ1) is 8.54. The van der Waals surface area contributed by atoms with Crippen molar-refractivity contribution in [1.82, 2.24) is 5.32 Å². The molecule has 1 amide bonds. The van der Waals surface area contributed by atoms with Gasteiger partial charge in [0.05, 0.1) is 6.10 Å². The molecule has 1 aliphatic carbocycles. The Morgan fingerprint density at radius 3 is 2.47 bits per heavy atom. The Morgan fingerprint density at radius 2 is 2.05 bits per heavy atom. The largest absolute Gasteiger partial charge is 0.465 e. The van der Waals surface area contributed by atoms with Gasteiger partial charge in [-0.2, -0.15) is 0 Å². The molecule has 1 saturated carbocycles. The summed E-state index contributed by atoms with van der Waals surface area (Å²) < 4.78 is 6.25. The van der Waals surface area contributed by atoms with Crippen molar-refractivity contribution in [1.29, 1.82) is 0 Å². The van der Waals surface area contributed by atoms with Crippen LogP contribution in [-0.4, -0.2) is 37.4 Å². The van der Waals surface area contributed by atoms with Crippen LogP contribution in [-0.2, 0) is 9.22 Å². The van der Waals surface area contributed by atoms with Crippen LogP contribution in [0.3, 0.4) is 0 Å². The molecule has 1 rings (SSSR count). The summed E-state index contributed by atoms with van der Waals surface area (Å²) in [5, 5.41) is 11.3. The van der Waals surface area contributed by atoms with Gasteiger partial charge in [-0.25, -0.2) is 4.79 Å². The third-order valence-electron chi connectivity index (χ3n) is 4.42. The Kier molecular flexibility index (Phi) is 4.46. The molecule has 0 aliphatic heterocycles. The van der Waals surface area contributed by atoms with Gasteiger partial charge in [0.15, 0.2) is 8.32 Å². The van der Waals surface area contributed by atoms with Gasteiger partial charge < -0.3 is 19.6 Å². The van der Waals surface area contributed by atoms with E-state index in [0.717, 1.165) is 12.8 Å². The Bertz CT molecular complexity index is 364. The predicted octanol–water partition coefficient (Wildman–Crippen LogP) is 2.77. The van der Waals surface area contributed by atoms with Crippen molar-refractivity contribution in [3.05, 3.63) is 0 Å². The minimum Gasteiger partial charge on any atom is -0.465 e. The summed E-state index contributed by atoms with van der Waals surface area (Å²) >= 11 is 0. The molecule has 0 heterocycles. The summed E-state index contributed by atoms with van der Waals surface area (Å²) in [7, 11) is -2.02. The summed E-state index contributed by atoms with van der Waals surface area (Å²) in [4.78, 5) is 22.3. The van der Waals surface area contributed by atoms with E-state index in [0.29, 0.717) is 12.7 Å². The normalized spacial score (nSPS) is 28.2. The monoisotopic (exact) mass is 287 g/mol. The standard InChI is InChI=1S/C13H25NO4Si/c1-12(2,3)19(4,5)18-10-7-6-8-13(10,9-15)14-11(16)17/h9-10,14H,6-8H2,1-5H3,(H,16,17). The number of carboxylic acid groups (broad SMARTS) is 1. The maximum Gasteiger partial charge on any atom is 0.405 e. The van der Waals surface area contributed by atoms with E-state index < -0.39 is 19.9 Å². The molecule has 2 unspecified atom stereocenters. The molecular weight excluding hydrogens is 262 g/mol. The van der Waals surface area contributed by atoms with E-state index in [-0.39, 0.29) is 11.1 Å². The van der Waals surface area contributed by atoms with Crippen molar-refractivity contribution in [3.8, 4) is 0 Å². The minimum absolute atomic E-state index is 0.0352. The number of hydrogen-bond acceptors (Lipinski definition) is 3. The molecule has 1 aliphatic rings. The lowest BCUT2D eigenvalue weighted by atomic mass is 9.98. The zero-order valence-corrected chi connectivity index (χ0v) is 13.4. The molecule has 2 N–H and O–H groups in total. The molecule has 0 aromatic heterocycles. The highest BCUT2D eigenvalue weighted by atomic mass is 28.4. The van der Waals surface area contributed by atoms with Crippen LogP contribution in [0.4, 0.5) is 4.79 Å². The van der Waals surface area contributed by atoms with Crippen LogP contribution in [0.5, 0.6) is 0 Å². The Hall–Kier alpha value is -0.883. The maximum atomic E-state index is 11.4. The smallest absolute Gasteiger partial charge is 0.405 e. The number of carbonyl (C=O) groups excluding carboxylic acids is 1. The van der Waals surface area contributed by atoms with E-state index in [9.17, 15) is 9.59 Å². The predicted molar refractivity (Wildman–Crippen MR) is 75.9 cm³/mol. The molecular formula is C13H25NO4Si. The molecule has 2 atom stereocenters. The summed E-state index contributed by atoms with van der Waals surface area (Å²) in [5.41, 5.74) is -1.07. The molecule has 0 spiro atoms. The molecule has 0 bridgehead atoms. The number of hydrogen-bond donors (Lipinski definition) is 2. The lowest BCUT2D eigenvalue weighted by Gasteiger charge is -2.42. The molecule has 6 heteroatoms. The molecule has 5 nitrogen and oxygen atoms in total. The summed E-state index contributed by atoms with van der Waals surface area (Å²) in [6.45, 7) is 10.6. The molecule has 1 fully saturated rings. The first-order valence-corrected chi connectivity index (χ1v) is 9.60. The van der Waals surface area contributed by atoms with Crippen molar-refractivity contribution in [3.63, 3.8) is 0 Å². The Balaban J connectivity index is 2.93. The third-order valence-corrected chi connectivity index (χ3v) is 8.91. The van der Waals surface area contributed by atoms with Crippen LogP contribution >= 0.6 is 0 Å². The van der Waals surface area contributed by atoms with Gasteiger partial charge in [0.2, 0.25) is 0 Å². The molecule has 19 heavy (non-hydrogen) atoms. The van der Waals surface area contributed by atoms with Crippen LogP contribution in [0.25, 0.3) is 0 Å². The van der Waals surface area contributed by atoms with Crippen LogP contribution in [0.2, 0.25) is 18.1 Å². The fourth-order valence-corrected chi connectivity index (χ4v) is 3.59. The zero-order chi connectivity index (χ0) is 14.9. The van der Waals surface area contributed by atoms with Gasteiger partial charge in [-0.05, 0) is 37.4 Å². The highest BCUT2D eigenvalue weighted by Gasteiger charge is 2.49. The Morgan fingerprint density at radius 1 is 1.47 bits per heavy atom. The van der Waals surface area contributed by atoms with E-state index in [2.05, 4.69) is 39.2 Å². The van der Waals surface area contributed by atoms with Gasteiger partial charge in [0.25, 0.3) is 0 Å². The van der Waals surface area contributed by atoms with Crippen molar-refractivity contribution in [2.45, 2.75) is 69.8 Å². The molecule has 110 valence electrons. The van der Waals surface area contributed by atoms with Gasteiger partial charge >= 0.3 is 6.09 Å². The fourth-order valence-electron chi connectivity index (χ4n) is 2.20. The van der Waals surface area contributed by atoms with E-state index in [1.165, 1.54) is 0 Å². The first kappa shape index (κ1) is 16.2. The fraction of sp³-hybridized carbons (Fsp3) is 0.846. The van der Waals surface area contributed by atoms with Crippen LogP contribution in [0.15, 0.2) is 0 Å². The van der Waals surface area contributed by atoms with E-state index in [1.54, 1.807) is 0 Å². The van der Waals surface area contributed by atoms with Gasteiger partial charge in [-0.3, -0.25) is 0 Å². The maximum absolute atomic E-state index is 11.4. The summed E-state index contributed by atoms with van der Waals surface area (Å²) in [6.07, 6.45) is 1.25. The Labute approximate surface area is 115 Å². The van der Waals surface area contributed by atoms with E-state index in [4.69, 9.17) is 9.53 Å². The number of carbonyl (C=O) groups is 2. The second-order valence-corrected chi connectivity index (χ2v) is 11.6. The number of nitrogens with one attached hydrogen (secondary N) is 1. The average Bonchev–Trinajstić information content (AvgIpc) is 2.59. The van der Waals surface area contributed by atoms with Crippen LogP contribution < -0.4 is 5.32 Å². The quantitative estimate of drug-likeness (QED) is 0.616. The topological polar surface area (TPSA) is 75.6 Å². The van der Waals surface area contributed by atoms with Crippen molar-refractivity contribution < 1.29 is 19.1 Å². The van der Waals surface area contributed by atoms with E-state index >= 15 is 0 Å². The lowest BCUT2D eigenvalue weighted by molar-refractivity contribution is -0.115. The third kappa shape index (κ3) is 3.36. The second-order valence-electron chi connectivity index (χ2n) is 6.85. The number of rotatable bonds is 4. The number of amides is 1.